The molecule has 2 aliphatic heterocycles. The van der Waals surface area contributed by atoms with E-state index in [0.717, 1.165) is 54.9 Å². The van der Waals surface area contributed by atoms with Gasteiger partial charge < -0.3 is 24.4 Å². The van der Waals surface area contributed by atoms with E-state index in [-0.39, 0.29) is 12.3 Å². The van der Waals surface area contributed by atoms with Gasteiger partial charge in [-0.25, -0.2) is 0 Å². The molecule has 1 atom stereocenters. The van der Waals surface area contributed by atoms with Crippen molar-refractivity contribution in [1.82, 2.24) is 15.1 Å². The molecule has 0 fully saturated rings. The van der Waals surface area contributed by atoms with E-state index in [1.54, 1.807) is 0 Å². The maximum Gasteiger partial charge on any atom is 0.303 e. The van der Waals surface area contributed by atoms with Crippen LogP contribution in [-0.4, -0.2) is 46.0 Å². The molecule has 3 aromatic rings. The lowest BCUT2D eigenvalue weighted by Gasteiger charge is -2.21. The van der Waals surface area contributed by atoms with Crippen LogP contribution in [0.15, 0.2) is 34.9 Å². The maximum atomic E-state index is 11.5. The minimum absolute atomic E-state index is 0.0454. The highest BCUT2D eigenvalue weighted by Crippen LogP contribution is 2.35. The molecule has 0 aliphatic carbocycles. The monoisotopic (exact) mass is 464 g/mol. The van der Waals surface area contributed by atoms with Crippen LogP contribution in [0.4, 0.5) is 5.69 Å². The molecular weight excluding hydrogens is 436 g/mol. The fourth-order valence-electron chi connectivity index (χ4n) is 4.46. The van der Waals surface area contributed by atoms with Crippen molar-refractivity contribution in [2.45, 2.75) is 50.9 Å². The molecule has 0 spiro atoms. The van der Waals surface area contributed by atoms with Crippen molar-refractivity contribution in [3.05, 3.63) is 59.0 Å². The molecular formula is C25H28N4O5. The topological polar surface area (TPSA) is 120 Å². The number of rotatable bonds is 9. The van der Waals surface area contributed by atoms with Gasteiger partial charge in [-0.05, 0) is 55.5 Å². The number of carboxylic acids is 1. The lowest BCUT2D eigenvalue weighted by atomic mass is 9.92. The van der Waals surface area contributed by atoms with Crippen LogP contribution >= 0.6 is 0 Å². The largest absolute Gasteiger partial charge is 0.486 e. The molecule has 0 amide bonds. The van der Waals surface area contributed by atoms with Crippen molar-refractivity contribution in [1.29, 1.82) is 0 Å². The van der Waals surface area contributed by atoms with Gasteiger partial charge in [0.25, 0.3) is 0 Å². The molecule has 1 aromatic carbocycles. The molecule has 9 nitrogen and oxygen atoms in total. The van der Waals surface area contributed by atoms with Crippen LogP contribution in [-0.2, 0) is 30.5 Å². The third-order valence-corrected chi connectivity index (χ3v) is 6.16. The third-order valence-electron chi connectivity index (χ3n) is 6.16. The Kier molecular flexibility index (Phi) is 6.60. The Morgan fingerprint density at radius 1 is 1.09 bits per heavy atom. The number of carboxylic acid groups (broad SMARTS) is 1. The Morgan fingerprint density at radius 3 is 2.85 bits per heavy atom. The molecule has 5 rings (SSSR count). The van der Waals surface area contributed by atoms with E-state index in [1.165, 1.54) is 0 Å². The minimum atomic E-state index is -0.882. The summed E-state index contributed by atoms with van der Waals surface area (Å²) < 4.78 is 16.7. The molecule has 1 unspecified atom stereocenters. The van der Waals surface area contributed by atoms with Gasteiger partial charge in [0.1, 0.15) is 13.2 Å². The summed E-state index contributed by atoms with van der Waals surface area (Å²) >= 11 is 0. The lowest BCUT2D eigenvalue weighted by Crippen LogP contribution is -2.16. The number of fused-ring (bicyclic) bond motifs is 2. The molecule has 34 heavy (non-hydrogen) atoms. The van der Waals surface area contributed by atoms with E-state index < -0.39 is 5.97 Å². The fraction of sp³-hybridized carbons (Fsp3) is 0.440. The van der Waals surface area contributed by atoms with Crippen LogP contribution in [0.25, 0.3) is 0 Å². The van der Waals surface area contributed by atoms with Crippen LogP contribution in [0.5, 0.6) is 11.5 Å². The van der Waals surface area contributed by atoms with Gasteiger partial charge in [-0.2, -0.15) is 4.98 Å². The Hall–Kier alpha value is -3.62. The third kappa shape index (κ3) is 5.30. The zero-order valence-corrected chi connectivity index (χ0v) is 19.0. The van der Waals surface area contributed by atoms with Gasteiger partial charge in [0.2, 0.25) is 5.89 Å². The number of ether oxygens (including phenoxy) is 2. The molecule has 0 saturated carbocycles. The summed E-state index contributed by atoms with van der Waals surface area (Å²) in [6.45, 7) is 2.00. The number of pyridine rings is 1. The summed E-state index contributed by atoms with van der Waals surface area (Å²) in [6.07, 6.45) is 4.81. The first-order valence-corrected chi connectivity index (χ1v) is 11.8. The summed E-state index contributed by atoms with van der Waals surface area (Å²) in [5.74, 6) is 1.19. The highest BCUT2D eigenvalue weighted by Gasteiger charge is 2.22. The first-order valence-electron chi connectivity index (χ1n) is 11.8. The zero-order valence-electron chi connectivity index (χ0n) is 19.0. The average Bonchev–Trinajstić information content (AvgIpc) is 3.30. The van der Waals surface area contributed by atoms with Crippen molar-refractivity contribution in [2.75, 3.05) is 25.1 Å². The molecule has 0 radical (unpaired) electrons. The van der Waals surface area contributed by atoms with Crippen LogP contribution in [0, 0.1) is 0 Å². The second kappa shape index (κ2) is 10.1. The zero-order chi connectivity index (χ0) is 23.3. The predicted octanol–water partition coefficient (Wildman–Crippen LogP) is 3.57. The van der Waals surface area contributed by atoms with Gasteiger partial charge in [0, 0.05) is 31.0 Å². The van der Waals surface area contributed by atoms with Crippen molar-refractivity contribution < 1.29 is 23.9 Å². The number of hydrogen-bond donors (Lipinski definition) is 2. The fourth-order valence-corrected chi connectivity index (χ4v) is 4.46. The van der Waals surface area contributed by atoms with Crippen LogP contribution in [0.3, 0.4) is 0 Å². The molecule has 0 bridgehead atoms. The number of nitrogens with one attached hydrogen (secondary N) is 1. The number of carbonyl (C=O) groups is 1. The van der Waals surface area contributed by atoms with Gasteiger partial charge >= 0.3 is 5.97 Å². The molecule has 2 N–H and O–H groups in total. The Bertz CT molecular complexity index is 1160. The Labute approximate surface area is 197 Å². The second-order valence-corrected chi connectivity index (χ2v) is 8.69. The van der Waals surface area contributed by atoms with E-state index in [4.69, 9.17) is 19.0 Å². The quantitative estimate of drug-likeness (QED) is 0.490. The summed E-state index contributed by atoms with van der Waals surface area (Å²) in [4.78, 5) is 20.8. The van der Waals surface area contributed by atoms with Crippen molar-refractivity contribution >= 4 is 11.7 Å². The first kappa shape index (κ1) is 22.2. The number of aryl methyl sites for hydroxylation is 3. The van der Waals surface area contributed by atoms with Crippen LogP contribution in [0.1, 0.15) is 53.8 Å². The molecule has 4 heterocycles. The SMILES string of the molecule is O=C(O)CC(Cc1nc(CCCc2ccc3c(n2)CCCN3)no1)c1ccc2c(c1)OCCO2. The highest BCUT2D eigenvalue weighted by atomic mass is 16.6. The lowest BCUT2D eigenvalue weighted by molar-refractivity contribution is -0.137. The van der Waals surface area contributed by atoms with Gasteiger partial charge in [-0.1, -0.05) is 11.2 Å². The standard InChI is InChI=1S/C25H28N4O5/c30-25(31)15-17(16-6-9-21-22(13-16)33-12-11-32-21)14-24-28-23(29-34-24)5-1-3-18-7-8-19-20(27-18)4-2-10-26-19/h6-9,13,17,26H,1-5,10-12,14-15H2,(H,30,31). The summed E-state index contributed by atoms with van der Waals surface area (Å²) in [7, 11) is 0. The van der Waals surface area contributed by atoms with Gasteiger partial charge in [-0.3, -0.25) is 9.78 Å². The van der Waals surface area contributed by atoms with Gasteiger partial charge in [-0.15, -0.1) is 0 Å². The average molecular weight is 465 g/mol. The van der Waals surface area contributed by atoms with Crippen LogP contribution < -0.4 is 14.8 Å². The molecule has 178 valence electrons. The molecule has 9 heteroatoms. The molecule has 2 aliphatic rings. The van der Waals surface area contributed by atoms with E-state index in [1.807, 2.05) is 18.2 Å². The number of anilines is 1. The van der Waals surface area contributed by atoms with Crippen molar-refractivity contribution in [2.24, 2.45) is 0 Å². The first-order chi connectivity index (χ1) is 16.6. The highest BCUT2D eigenvalue weighted by molar-refractivity contribution is 5.68. The smallest absolute Gasteiger partial charge is 0.303 e. The van der Waals surface area contributed by atoms with Gasteiger partial charge in [0.05, 0.1) is 17.8 Å². The summed E-state index contributed by atoms with van der Waals surface area (Å²) in [5, 5.41) is 16.9. The predicted molar refractivity (Wildman–Crippen MR) is 124 cm³/mol. The number of hydrogen-bond acceptors (Lipinski definition) is 8. The summed E-state index contributed by atoms with van der Waals surface area (Å²) in [5.41, 5.74) is 4.21. The van der Waals surface area contributed by atoms with Gasteiger partial charge in [0.15, 0.2) is 17.3 Å². The number of nitrogens with zero attached hydrogens (tertiary/aromatic N) is 3. The van der Waals surface area contributed by atoms with E-state index in [0.29, 0.717) is 49.3 Å². The minimum Gasteiger partial charge on any atom is -0.486 e. The van der Waals surface area contributed by atoms with Crippen molar-refractivity contribution in [3.63, 3.8) is 0 Å². The number of aromatic nitrogens is 3. The molecule has 2 aromatic heterocycles. The Balaban J connectivity index is 1.20. The molecule has 0 saturated heterocycles. The second-order valence-electron chi connectivity index (χ2n) is 8.69. The number of benzene rings is 1. The normalized spacial score (nSPS) is 15.3. The Morgan fingerprint density at radius 2 is 1.97 bits per heavy atom. The maximum absolute atomic E-state index is 11.5. The van der Waals surface area contributed by atoms with E-state index >= 15 is 0 Å². The van der Waals surface area contributed by atoms with Crippen molar-refractivity contribution in [3.8, 4) is 11.5 Å². The summed E-state index contributed by atoms with van der Waals surface area (Å²) in [6, 6.07) is 9.73. The van der Waals surface area contributed by atoms with Crippen LogP contribution in [0.2, 0.25) is 0 Å². The number of aliphatic carboxylic acids is 1. The van der Waals surface area contributed by atoms with E-state index in [2.05, 4.69) is 27.6 Å². The van der Waals surface area contributed by atoms with E-state index in [9.17, 15) is 9.90 Å².